The number of nitrogens with one attached hydrogen (secondary N) is 2. The largest absolute Gasteiger partial charge is 0.495 e. The number of rotatable bonds is 7. The van der Waals surface area contributed by atoms with Gasteiger partial charge in [0.05, 0.1) is 23.7 Å². The molecular weight excluding hydrogens is 436 g/mol. The monoisotopic (exact) mass is 462 g/mol. The number of hydrogen-bond acceptors (Lipinski definition) is 4. The van der Waals surface area contributed by atoms with Gasteiger partial charge in [-0.15, -0.1) is 0 Å². The van der Waals surface area contributed by atoms with Gasteiger partial charge in [-0.2, -0.15) is 0 Å². The Kier molecular flexibility index (Phi) is 6.39. The first-order valence-electron chi connectivity index (χ1n) is 9.88. The van der Waals surface area contributed by atoms with Crippen LogP contribution in [0.4, 0.5) is 11.4 Å². The smallest absolute Gasteiger partial charge is 0.265 e. The first-order valence-corrected chi connectivity index (χ1v) is 11.7. The van der Waals surface area contributed by atoms with Crippen molar-refractivity contribution < 1.29 is 17.9 Å². The zero-order valence-electron chi connectivity index (χ0n) is 18.2. The summed E-state index contributed by atoms with van der Waals surface area (Å²) in [6.07, 6.45) is 2.11. The number of para-hydroxylation sites is 1. The van der Waals surface area contributed by atoms with Crippen LogP contribution in [0.3, 0.4) is 0 Å². The fourth-order valence-corrected chi connectivity index (χ4v) is 5.29. The van der Waals surface area contributed by atoms with Crippen LogP contribution in [0.25, 0.3) is 0 Å². The Bertz CT molecular complexity index is 1140. The summed E-state index contributed by atoms with van der Waals surface area (Å²) in [5, 5.41) is 3.13. The molecule has 166 valence electrons. The molecule has 1 aliphatic rings. The van der Waals surface area contributed by atoms with Crippen LogP contribution >= 0.6 is 11.6 Å². The third-order valence-electron chi connectivity index (χ3n) is 5.54. The van der Waals surface area contributed by atoms with Crippen LogP contribution in [-0.4, -0.2) is 21.4 Å². The van der Waals surface area contributed by atoms with E-state index in [1.165, 1.54) is 19.2 Å². The molecule has 2 aromatic rings. The Morgan fingerprint density at radius 2 is 1.84 bits per heavy atom. The third-order valence-corrected chi connectivity index (χ3v) is 7.26. The van der Waals surface area contributed by atoms with Crippen LogP contribution in [0.15, 0.2) is 59.0 Å². The Hall–Kier alpha value is -2.51. The number of halogens is 1. The van der Waals surface area contributed by atoms with E-state index in [0.717, 1.165) is 5.57 Å². The lowest BCUT2D eigenvalue weighted by molar-refractivity contribution is -0.118. The third kappa shape index (κ3) is 4.88. The highest BCUT2D eigenvalue weighted by molar-refractivity contribution is 7.92. The molecule has 1 aliphatic carbocycles. The number of ether oxygens (including phenoxy) is 1. The first kappa shape index (κ1) is 23.2. The predicted molar refractivity (Wildman–Crippen MR) is 124 cm³/mol. The molecule has 0 aromatic heterocycles. The number of carbonyl (C=O) groups is 1. The van der Waals surface area contributed by atoms with E-state index < -0.39 is 10.0 Å². The van der Waals surface area contributed by atoms with Gasteiger partial charge >= 0.3 is 0 Å². The Morgan fingerprint density at radius 3 is 2.45 bits per heavy atom. The fraction of sp³-hybridized carbons (Fsp3) is 0.348. The van der Waals surface area contributed by atoms with Gasteiger partial charge in [0, 0.05) is 5.69 Å². The summed E-state index contributed by atoms with van der Waals surface area (Å²) in [5.41, 5.74) is 1.65. The minimum Gasteiger partial charge on any atom is -0.495 e. The van der Waals surface area contributed by atoms with Gasteiger partial charge in [0.15, 0.2) is 0 Å². The van der Waals surface area contributed by atoms with Crippen LogP contribution < -0.4 is 14.8 Å². The molecular formula is C23H27ClN2O4S. The van der Waals surface area contributed by atoms with Crippen molar-refractivity contribution in [1.82, 2.24) is 0 Å². The SMILES string of the molecule is COc1ccc(NC(=O)C2C(C=C(C)C)C2(C)C)cc1S(=O)(=O)Nc1ccccc1Cl. The summed E-state index contributed by atoms with van der Waals surface area (Å²) >= 11 is 6.09. The molecule has 8 heteroatoms. The molecule has 0 bridgehead atoms. The second-order valence-corrected chi connectivity index (χ2v) is 10.6. The van der Waals surface area contributed by atoms with Crippen LogP contribution in [0.1, 0.15) is 27.7 Å². The zero-order valence-corrected chi connectivity index (χ0v) is 19.8. The van der Waals surface area contributed by atoms with Gasteiger partial charge < -0.3 is 10.1 Å². The molecule has 2 aromatic carbocycles. The molecule has 1 saturated carbocycles. The quantitative estimate of drug-likeness (QED) is 0.545. The van der Waals surface area contributed by atoms with E-state index in [9.17, 15) is 13.2 Å². The Balaban J connectivity index is 1.87. The van der Waals surface area contributed by atoms with Crippen molar-refractivity contribution in [2.75, 3.05) is 17.1 Å². The number of carbonyl (C=O) groups excluding carboxylic acids is 1. The number of amides is 1. The summed E-state index contributed by atoms with van der Waals surface area (Å²) in [4.78, 5) is 12.8. The van der Waals surface area contributed by atoms with Crippen molar-refractivity contribution in [3.8, 4) is 5.75 Å². The summed E-state index contributed by atoms with van der Waals surface area (Å²) in [6, 6.07) is 11.1. The molecule has 1 fully saturated rings. The summed E-state index contributed by atoms with van der Waals surface area (Å²) < 4.78 is 33.8. The van der Waals surface area contributed by atoms with E-state index in [2.05, 4.69) is 30.0 Å². The fourth-order valence-electron chi connectivity index (χ4n) is 3.78. The van der Waals surface area contributed by atoms with Crippen molar-refractivity contribution in [1.29, 1.82) is 0 Å². The van der Waals surface area contributed by atoms with Gasteiger partial charge in [-0.25, -0.2) is 8.42 Å². The number of hydrogen-bond donors (Lipinski definition) is 2. The average molecular weight is 463 g/mol. The van der Waals surface area contributed by atoms with Gasteiger partial charge in [0.1, 0.15) is 10.6 Å². The Morgan fingerprint density at radius 1 is 1.16 bits per heavy atom. The van der Waals surface area contributed by atoms with Crippen molar-refractivity contribution in [2.45, 2.75) is 32.6 Å². The maximum atomic E-state index is 13.0. The molecule has 0 aliphatic heterocycles. The molecule has 3 rings (SSSR count). The van der Waals surface area contributed by atoms with E-state index in [-0.39, 0.29) is 44.5 Å². The van der Waals surface area contributed by atoms with Crippen molar-refractivity contribution in [3.63, 3.8) is 0 Å². The lowest BCUT2D eigenvalue weighted by Crippen LogP contribution is -2.18. The molecule has 0 radical (unpaired) electrons. The van der Waals surface area contributed by atoms with Gasteiger partial charge in [-0.3, -0.25) is 9.52 Å². The molecule has 1 amide bonds. The minimum atomic E-state index is -4.01. The summed E-state index contributed by atoms with van der Waals surface area (Å²) in [6.45, 7) is 8.13. The molecule has 2 N–H and O–H groups in total. The highest BCUT2D eigenvalue weighted by Gasteiger charge is 2.60. The van der Waals surface area contributed by atoms with Gasteiger partial charge in [-0.1, -0.05) is 49.2 Å². The maximum Gasteiger partial charge on any atom is 0.265 e. The van der Waals surface area contributed by atoms with E-state index in [0.29, 0.717) is 5.69 Å². The van der Waals surface area contributed by atoms with Crippen molar-refractivity contribution in [3.05, 3.63) is 59.1 Å². The molecule has 31 heavy (non-hydrogen) atoms. The van der Waals surface area contributed by atoms with E-state index >= 15 is 0 Å². The van der Waals surface area contributed by atoms with E-state index in [1.807, 2.05) is 13.8 Å². The van der Waals surface area contributed by atoms with Gasteiger partial charge in [0.25, 0.3) is 10.0 Å². The normalized spacial score (nSPS) is 19.3. The number of anilines is 2. The number of sulfonamides is 1. The molecule has 0 heterocycles. The molecule has 2 unspecified atom stereocenters. The van der Waals surface area contributed by atoms with Gasteiger partial charge in [-0.05, 0) is 55.5 Å². The average Bonchev–Trinajstić information content (AvgIpc) is 3.22. The number of benzene rings is 2. The topological polar surface area (TPSA) is 84.5 Å². The highest BCUT2D eigenvalue weighted by Crippen LogP contribution is 2.59. The lowest BCUT2D eigenvalue weighted by Gasteiger charge is -2.14. The first-order chi connectivity index (χ1) is 14.5. The van der Waals surface area contributed by atoms with E-state index in [4.69, 9.17) is 16.3 Å². The highest BCUT2D eigenvalue weighted by atomic mass is 35.5. The van der Waals surface area contributed by atoms with Crippen LogP contribution in [0.2, 0.25) is 5.02 Å². The lowest BCUT2D eigenvalue weighted by atomic mass is 10.1. The van der Waals surface area contributed by atoms with Crippen LogP contribution in [0, 0.1) is 17.3 Å². The van der Waals surface area contributed by atoms with Gasteiger partial charge in [0.2, 0.25) is 5.91 Å². The molecule has 0 spiro atoms. The Labute approximate surface area is 188 Å². The zero-order chi connectivity index (χ0) is 23.0. The molecule has 0 saturated heterocycles. The van der Waals surface area contributed by atoms with Crippen LogP contribution in [0.5, 0.6) is 5.75 Å². The molecule has 6 nitrogen and oxygen atoms in total. The van der Waals surface area contributed by atoms with Crippen molar-refractivity contribution >= 4 is 38.9 Å². The van der Waals surface area contributed by atoms with E-state index in [1.54, 1.807) is 30.3 Å². The second kappa shape index (κ2) is 8.55. The second-order valence-electron chi connectivity index (χ2n) is 8.51. The maximum absolute atomic E-state index is 13.0. The van der Waals surface area contributed by atoms with Crippen molar-refractivity contribution in [2.24, 2.45) is 17.3 Å². The van der Waals surface area contributed by atoms with Crippen LogP contribution in [-0.2, 0) is 14.8 Å². The summed E-state index contributed by atoms with van der Waals surface area (Å²) in [5.74, 6) is -0.00144. The summed E-state index contributed by atoms with van der Waals surface area (Å²) in [7, 11) is -2.62. The molecule has 2 atom stereocenters. The predicted octanol–water partition coefficient (Wildman–Crippen LogP) is 5.33. The minimum absolute atomic E-state index is 0.0939. The number of methoxy groups -OCH3 is 1. The number of allylic oxidation sites excluding steroid dienone is 2. The standard InChI is InChI=1S/C23H27ClN2O4S/c1-14(2)12-16-21(23(16,3)4)22(27)25-15-10-11-19(30-5)20(13-15)31(28,29)26-18-9-7-6-8-17(18)24/h6-13,16,21,26H,1-5H3,(H,25,27).